The van der Waals surface area contributed by atoms with Gasteiger partial charge in [-0.3, -0.25) is 0 Å². The van der Waals surface area contributed by atoms with E-state index in [-0.39, 0.29) is 0 Å². The van der Waals surface area contributed by atoms with Gasteiger partial charge in [0.2, 0.25) is 12.0 Å². The molecule has 2 aromatic carbocycles. The Labute approximate surface area is 141 Å². The van der Waals surface area contributed by atoms with Gasteiger partial charge in [0.05, 0.1) is 0 Å². The maximum atomic E-state index is 5.98. The topological polar surface area (TPSA) is 78.9 Å². The fraction of sp³-hybridized carbons (Fsp3) is 0.125. The highest BCUT2D eigenvalue weighted by Gasteiger charge is 2.18. The molecule has 4 aromatic rings. The number of fused-ring (bicyclic) bond motifs is 1. The summed E-state index contributed by atoms with van der Waals surface area (Å²) in [4.78, 5) is 7.10. The van der Waals surface area contributed by atoms with Crippen molar-refractivity contribution in [2.75, 3.05) is 0 Å². The van der Waals surface area contributed by atoms with Crippen molar-refractivity contribution in [3.8, 4) is 11.5 Å². The van der Waals surface area contributed by atoms with E-state index < -0.39 is 6.10 Å². The van der Waals surface area contributed by atoms with E-state index in [4.69, 9.17) is 20.9 Å². The number of para-hydroxylation sites is 1. The van der Waals surface area contributed by atoms with E-state index >= 15 is 0 Å². The summed E-state index contributed by atoms with van der Waals surface area (Å²) in [5, 5.41) is 16.7. The zero-order valence-corrected chi connectivity index (χ0v) is 13.4. The van der Waals surface area contributed by atoms with E-state index in [1.54, 1.807) is 19.1 Å². The Hall–Kier alpha value is -2.93. The van der Waals surface area contributed by atoms with Crippen LogP contribution in [0.1, 0.15) is 18.9 Å². The normalized spacial score (nSPS) is 12.4. The SMILES string of the molecule is CC(On1nnc2ccccc21)c1nnc(-c2cccc(Cl)c2)o1. The summed E-state index contributed by atoms with van der Waals surface area (Å²) in [5.41, 5.74) is 2.26. The van der Waals surface area contributed by atoms with E-state index in [2.05, 4.69) is 20.5 Å². The van der Waals surface area contributed by atoms with Gasteiger partial charge in [-0.1, -0.05) is 34.6 Å². The van der Waals surface area contributed by atoms with Gasteiger partial charge in [0.25, 0.3) is 5.89 Å². The Morgan fingerprint density at radius 3 is 2.83 bits per heavy atom. The van der Waals surface area contributed by atoms with Crippen LogP contribution in [0.4, 0.5) is 0 Å². The Morgan fingerprint density at radius 1 is 1.08 bits per heavy atom. The van der Waals surface area contributed by atoms with Crippen LogP contribution in [0.3, 0.4) is 0 Å². The minimum atomic E-state index is -0.490. The molecule has 0 fully saturated rings. The highest BCUT2D eigenvalue weighted by molar-refractivity contribution is 6.30. The third-order valence-electron chi connectivity index (χ3n) is 3.44. The van der Waals surface area contributed by atoms with Crippen molar-refractivity contribution in [3.05, 3.63) is 59.4 Å². The summed E-state index contributed by atoms with van der Waals surface area (Å²) in [6.07, 6.45) is -0.490. The number of nitrogens with zero attached hydrogens (tertiary/aromatic N) is 5. The lowest BCUT2D eigenvalue weighted by Gasteiger charge is -2.09. The molecule has 0 aliphatic carbocycles. The quantitative estimate of drug-likeness (QED) is 0.566. The van der Waals surface area contributed by atoms with Crippen molar-refractivity contribution in [1.29, 1.82) is 0 Å². The molecule has 2 heterocycles. The van der Waals surface area contributed by atoms with Crippen LogP contribution in [0.15, 0.2) is 52.9 Å². The summed E-state index contributed by atoms with van der Waals surface area (Å²) in [6, 6.07) is 14.7. The van der Waals surface area contributed by atoms with Crippen LogP contribution in [0, 0.1) is 0 Å². The van der Waals surface area contributed by atoms with Crippen molar-refractivity contribution in [1.82, 2.24) is 25.4 Å². The number of hydrogen-bond acceptors (Lipinski definition) is 6. The molecule has 0 radical (unpaired) electrons. The first kappa shape index (κ1) is 14.6. The Bertz CT molecular complexity index is 997. The monoisotopic (exact) mass is 341 g/mol. The van der Waals surface area contributed by atoms with Crippen LogP contribution in [0.2, 0.25) is 5.02 Å². The Morgan fingerprint density at radius 2 is 1.96 bits per heavy atom. The van der Waals surface area contributed by atoms with Crippen LogP contribution in [0.25, 0.3) is 22.5 Å². The smallest absolute Gasteiger partial charge is 0.259 e. The fourth-order valence-electron chi connectivity index (χ4n) is 2.26. The predicted molar refractivity (Wildman–Crippen MR) is 87.3 cm³/mol. The molecule has 0 saturated carbocycles. The standard InChI is InChI=1S/C16H12ClN5O2/c1-10(24-22-14-8-3-2-7-13(14)18-21-22)15-19-20-16(23-15)11-5-4-6-12(17)9-11/h2-10H,1H3. The Balaban J connectivity index is 1.58. The molecule has 0 N–H and O–H groups in total. The van der Waals surface area contributed by atoms with Gasteiger partial charge in [0, 0.05) is 10.6 Å². The first-order valence-electron chi connectivity index (χ1n) is 7.27. The van der Waals surface area contributed by atoms with Gasteiger partial charge in [0.15, 0.2) is 0 Å². The largest absolute Gasteiger partial charge is 0.417 e. The molecule has 4 rings (SSSR count). The molecule has 0 saturated heterocycles. The predicted octanol–water partition coefficient (Wildman–Crippen LogP) is 3.32. The molecule has 8 heteroatoms. The summed E-state index contributed by atoms with van der Waals surface area (Å²) in [5.74, 6) is 0.718. The first-order valence-corrected chi connectivity index (χ1v) is 7.65. The van der Waals surface area contributed by atoms with Gasteiger partial charge >= 0.3 is 0 Å². The zero-order chi connectivity index (χ0) is 16.5. The average Bonchev–Trinajstić information content (AvgIpc) is 3.23. The molecule has 7 nitrogen and oxygen atoms in total. The van der Waals surface area contributed by atoms with Crippen LogP contribution in [-0.2, 0) is 0 Å². The van der Waals surface area contributed by atoms with Crippen molar-refractivity contribution in [2.24, 2.45) is 0 Å². The summed E-state index contributed by atoms with van der Waals surface area (Å²) >= 11 is 5.98. The lowest BCUT2D eigenvalue weighted by molar-refractivity contribution is 0.0147. The fourth-order valence-corrected chi connectivity index (χ4v) is 2.45. The van der Waals surface area contributed by atoms with E-state index in [9.17, 15) is 0 Å². The third kappa shape index (κ3) is 2.69. The lowest BCUT2D eigenvalue weighted by atomic mass is 10.2. The second-order valence-corrected chi connectivity index (χ2v) is 5.59. The molecule has 120 valence electrons. The third-order valence-corrected chi connectivity index (χ3v) is 3.67. The van der Waals surface area contributed by atoms with Crippen LogP contribution in [-0.4, -0.2) is 25.4 Å². The molecule has 0 bridgehead atoms. The highest BCUT2D eigenvalue weighted by atomic mass is 35.5. The molecule has 0 amide bonds. The van der Waals surface area contributed by atoms with Crippen molar-refractivity contribution in [2.45, 2.75) is 13.0 Å². The minimum Gasteiger partial charge on any atom is -0.417 e. The molecular formula is C16H12ClN5O2. The van der Waals surface area contributed by atoms with Crippen molar-refractivity contribution < 1.29 is 9.25 Å². The number of rotatable bonds is 4. The highest BCUT2D eigenvalue weighted by Crippen LogP contribution is 2.24. The van der Waals surface area contributed by atoms with Gasteiger partial charge in [-0.15, -0.1) is 15.3 Å². The maximum Gasteiger partial charge on any atom is 0.259 e. The van der Waals surface area contributed by atoms with Gasteiger partial charge in [-0.05, 0) is 42.5 Å². The second-order valence-electron chi connectivity index (χ2n) is 5.15. The van der Waals surface area contributed by atoms with E-state index in [1.165, 1.54) is 4.85 Å². The van der Waals surface area contributed by atoms with Gasteiger partial charge in [-0.25, -0.2) is 0 Å². The molecule has 0 spiro atoms. The number of aromatic nitrogens is 5. The number of benzene rings is 2. The Kier molecular flexibility index (Phi) is 3.62. The maximum absolute atomic E-state index is 5.98. The lowest BCUT2D eigenvalue weighted by Crippen LogP contribution is -2.17. The molecule has 2 aromatic heterocycles. The molecule has 0 aliphatic rings. The van der Waals surface area contributed by atoms with Crippen molar-refractivity contribution >= 4 is 22.6 Å². The summed E-state index contributed by atoms with van der Waals surface area (Å²) in [7, 11) is 0. The van der Waals surface area contributed by atoms with Crippen LogP contribution < -0.4 is 4.84 Å². The van der Waals surface area contributed by atoms with Crippen LogP contribution >= 0.6 is 11.6 Å². The summed E-state index contributed by atoms with van der Waals surface area (Å²) in [6.45, 7) is 1.80. The van der Waals surface area contributed by atoms with E-state index in [0.717, 1.165) is 16.6 Å². The van der Waals surface area contributed by atoms with E-state index in [1.807, 2.05) is 36.4 Å². The van der Waals surface area contributed by atoms with Crippen molar-refractivity contribution in [3.63, 3.8) is 0 Å². The zero-order valence-electron chi connectivity index (χ0n) is 12.6. The molecule has 1 atom stereocenters. The van der Waals surface area contributed by atoms with Gasteiger partial charge < -0.3 is 9.25 Å². The second kappa shape index (κ2) is 5.93. The van der Waals surface area contributed by atoms with Gasteiger partial charge in [-0.2, -0.15) is 0 Å². The number of hydrogen-bond donors (Lipinski definition) is 0. The number of halogens is 1. The van der Waals surface area contributed by atoms with Crippen LogP contribution in [0.5, 0.6) is 0 Å². The molecule has 24 heavy (non-hydrogen) atoms. The molecular weight excluding hydrogens is 330 g/mol. The van der Waals surface area contributed by atoms with E-state index in [0.29, 0.717) is 16.8 Å². The van der Waals surface area contributed by atoms with Gasteiger partial charge in [0.1, 0.15) is 11.0 Å². The summed E-state index contributed by atoms with van der Waals surface area (Å²) < 4.78 is 5.68. The first-order chi connectivity index (χ1) is 11.7. The minimum absolute atomic E-state index is 0.338. The molecule has 0 aliphatic heterocycles. The average molecular weight is 342 g/mol. The molecule has 1 unspecified atom stereocenters.